The van der Waals surface area contributed by atoms with E-state index in [1.54, 1.807) is 0 Å². The minimum absolute atomic E-state index is 0.0311. The van der Waals surface area contributed by atoms with Gasteiger partial charge in [-0.2, -0.15) is 0 Å². The number of carbonyl (C=O) groups is 2. The second-order valence-electron chi connectivity index (χ2n) is 3.55. The second kappa shape index (κ2) is 4.63. The Morgan fingerprint density at radius 1 is 1.59 bits per heavy atom. The summed E-state index contributed by atoms with van der Waals surface area (Å²) in [7, 11) is 0. The van der Waals surface area contributed by atoms with Gasteiger partial charge in [-0.1, -0.05) is 4.49 Å². The van der Waals surface area contributed by atoms with Crippen LogP contribution in [0.4, 0.5) is 9.80 Å². The first-order valence-corrected chi connectivity index (χ1v) is 5.57. The molecule has 0 radical (unpaired) electrons. The Morgan fingerprint density at radius 2 is 2.41 bits per heavy atom. The van der Waals surface area contributed by atoms with Crippen molar-refractivity contribution in [2.45, 2.75) is 12.0 Å². The zero-order valence-corrected chi connectivity index (χ0v) is 9.49. The summed E-state index contributed by atoms with van der Waals surface area (Å²) in [5.41, 5.74) is -1.35. The van der Waals surface area contributed by atoms with Crippen LogP contribution in [0.15, 0.2) is 6.20 Å². The van der Waals surface area contributed by atoms with Crippen LogP contribution in [-0.2, 0) is 9.53 Å². The lowest BCUT2D eigenvalue weighted by Gasteiger charge is -2.23. The van der Waals surface area contributed by atoms with Crippen LogP contribution in [0.1, 0.15) is 6.42 Å². The number of aliphatic carboxylic acids is 1. The molecule has 0 aliphatic carbocycles. The number of ether oxygens (including phenoxy) is 1. The molecule has 0 spiro atoms. The molecule has 1 aromatic heterocycles. The number of hydrogen-bond acceptors (Lipinski definition) is 6. The van der Waals surface area contributed by atoms with Crippen molar-refractivity contribution in [3.63, 3.8) is 0 Å². The number of aromatic nitrogens is 2. The quantitative estimate of drug-likeness (QED) is 0.698. The van der Waals surface area contributed by atoms with Gasteiger partial charge in [0, 0.05) is 24.6 Å². The van der Waals surface area contributed by atoms with Gasteiger partial charge < -0.3 is 15.2 Å². The molecule has 1 unspecified atom stereocenters. The molecule has 1 atom stereocenters. The van der Waals surface area contributed by atoms with Crippen molar-refractivity contribution in [3.8, 4) is 0 Å². The Bertz CT molecular complexity index is 415. The lowest BCUT2D eigenvalue weighted by Crippen LogP contribution is -2.56. The van der Waals surface area contributed by atoms with Gasteiger partial charge in [0.05, 0.1) is 12.8 Å². The summed E-state index contributed by atoms with van der Waals surface area (Å²) < 4.78 is 8.58. The van der Waals surface area contributed by atoms with Crippen LogP contribution in [0.3, 0.4) is 0 Å². The van der Waals surface area contributed by atoms with Gasteiger partial charge in [0.15, 0.2) is 5.54 Å². The average Bonchev–Trinajstić information content (AvgIpc) is 2.89. The van der Waals surface area contributed by atoms with Gasteiger partial charge in [-0.15, -0.1) is 5.10 Å². The topological polar surface area (TPSA) is 113 Å². The van der Waals surface area contributed by atoms with Gasteiger partial charge in [-0.25, -0.2) is 9.59 Å². The predicted octanol–water partition coefficient (Wildman–Crippen LogP) is -0.0967. The van der Waals surface area contributed by atoms with E-state index in [-0.39, 0.29) is 13.0 Å². The number of carboxylic acid groups (broad SMARTS) is 1. The SMILES string of the molecule is O=C(Nc1cnns1)NC1(C(=O)O)CCOC1. The molecule has 17 heavy (non-hydrogen) atoms. The first kappa shape index (κ1) is 11.7. The molecule has 92 valence electrons. The zero-order chi connectivity index (χ0) is 12.3. The Morgan fingerprint density at radius 3 is 2.94 bits per heavy atom. The number of anilines is 1. The Balaban J connectivity index is 1.99. The third-order valence-corrected chi connectivity index (χ3v) is 2.96. The predicted molar refractivity (Wildman–Crippen MR) is 57.9 cm³/mol. The zero-order valence-electron chi connectivity index (χ0n) is 8.67. The van der Waals surface area contributed by atoms with Gasteiger partial charge in [-0.05, 0) is 0 Å². The molecule has 2 heterocycles. The molecule has 1 saturated heterocycles. The maximum Gasteiger partial charge on any atom is 0.332 e. The second-order valence-corrected chi connectivity index (χ2v) is 4.34. The van der Waals surface area contributed by atoms with Crippen molar-refractivity contribution in [2.75, 3.05) is 18.5 Å². The number of amides is 2. The van der Waals surface area contributed by atoms with Gasteiger partial charge in [0.25, 0.3) is 0 Å². The molecule has 3 N–H and O–H groups in total. The van der Waals surface area contributed by atoms with Gasteiger partial charge in [-0.3, -0.25) is 5.32 Å². The van der Waals surface area contributed by atoms with E-state index >= 15 is 0 Å². The highest BCUT2D eigenvalue weighted by Gasteiger charge is 2.44. The van der Waals surface area contributed by atoms with E-state index < -0.39 is 17.5 Å². The van der Waals surface area contributed by atoms with Gasteiger partial charge >= 0.3 is 12.0 Å². The summed E-state index contributed by atoms with van der Waals surface area (Å²) in [6, 6.07) is -0.607. The molecule has 8 nitrogen and oxygen atoms in total. The standard InChI is InChI=1S/C8H10N4O4S/c13-6(14)8(1-2-16-4-8)11-7(15)10-5-3-9-12-17-5/h3H,1-2,4H2,(H,13,14)(H2,10,11,15). The molecule has 9 heteroatoms. The summed E-state index contributed by atoms with van der Waals surface area (Å²) in [5.74, 6) is -1.10. The highest BCUT2D eigenvalue weighted by atomic mass is 32.1. The summed E-state index contributed by atoms with van der Waals surface area (Å²) in [5, 5.41) is 17.9. The fourth-order valence-corrected chi connectivity index (χ4v) is 1.88. The van der Waals surface area contributed by atoms with Crippen molar-refractivity contribution in [1.82, 2.24) is 14.9 Å². The van der Waals surface area contributed by atoms with Crippen LogP contribution in [0.2, 0.25) is 0 Å². The summed E-state index contributed by atoms with van der Waals surface area (Å²) in [6.07, 6.45) is 1.62. The molecule has 0 aromatic carbocycles. The molecule has 1 aromatic rings. The molecule has 1 fully saturated rings. The molecular weight excluding hydrogens is 248 g/mol. The van der Waals surface area contributed by atoms with E-state index in [0.717, 1.165) is 11.5 Å². The summed E-state index contributed by atoms with van der Waals surface area (Å²) in [4.78, 5) is 22.7. The number of hydrogen-bond donors (Lipinski definition) is 3. The molecule has 2 rings (SSSR count). The monoisotopic (exact) mass is 258 g/mol. The molecule has 1 aliphatic heterocycles. The minimum Gasteiger partial charge on any atom is -0.479 e. The number of carboxylic acids is 1. The fourth-order valence-electron chi connectivity index (χ4n) is 1.47. The van der Waals surface area contributed by atoms with Crippen LogP contribution >= 0.6 is 11.5 Å². The summed E-state index contributed by atoms with van der Waals surface area (Å²) in [6.45, 7) is 0.283. The third kappa shape index (κ3) is 2.50. The van der Waals surface area contributed by atoms with E-state index in [4.69, 9.17) is 9.84 Å². The molecule has 1 aliphatic rings. The normalized spacial score (nSPS) is 23.3. The molecular formula is C8H10N4O4S. The van der Waals surface area contributed by atoms with E-state index in [0.29, 0.717) is 11.6 Å². The maximum atomic E-state index is 11.6. The van der Waals surface area contributed by atoms with Crippen LogP contribution < -0.4 is 10.6 Å². The van der Waals surface area contributed by atoms with E-state index in [1.165, 1.54) is 6.20 Å². The summed E-state index contributed by atoms with van der Waals surface area (Å²) >= 11 is 1.00. The highest BCUT2D eigenvalue weighted by molar-refractivity contribution is 7.10. The lowest BCUT2D eigenvalue weighted by molar-refractivity contribution is -0.144. The van der Waals surface area contributed by atoms with E-state index in [1.807, 2.05) is 0 Å². The number of nitrogens with one attached hydrogen (secondary N) is 2. The van der Waals surface area contributed by atoms with Crippen LogP contribution in [-0.4, -0.2) is 45.4 Å². The number of rotatable bonds is 3. The molecule has 0 bridgehead atoms. The fraction of sp³-hybridized carbons (Fsp3) is 0.500. The number of carbonyl (C=O) groups excluding carboxylic acids is 1. The minimum atomic E-state index is -1.35. The van der Waals surface area contributed by atoms with Crippen molar-refractivity contribution in [1.29, 1.82) is 0 Å². The van der Waals surface area contributed by atoms with Crippen molar-refractivity contribution in [3.05, 3.63) is 6.20 Å². The maximum absolute atomic E-state index is 11.6. The number of urea groups is 1. The van der Waals surface area contributed by atoms with Gasteiger partial charge in [0.2, 0.25) is 0 Å². The van der Waals surface area contributed by atoms with Crippen LogP contribution in [0.5, 0.6) is 0 Å². The van der Waals surface area contributed by atoms with Crippen molar-refractivity contribution >= 4 is 28.5 Å². The lowest BCUT2D eigenvalue weighted by atomic mass is 9.99. The van der Waals surface area contributed by atoms with E-state index in [2.05, 4.69) is 20.2 Å². The first-order chi connectivity index (χ1) is 8.12. The number of nitrogens with zero attached hydrogens (tertiary/aromatic N) is 2. The average molecular weight is 258 g/mol. The Hall–Kier alpha value is -1.74. The van der Waals surface area contributed by atoms with Crippen LogP contribution in [0.25, 0.3) is 0 Å². The Labute approximate surface area is 100 Å². The van der Waals surface area contributed by atoms with Crippen molar-refractivity contribution in [2.24, 2.45) is 0 Å². The smallest absolute Gasteiger partial charge is 0.332 e. The molecule has 0 saturated carbocycles. The van der Waals surface area contributed by atoms with E-state index in [9.17, 15) is 9.59 Å². The highest BCUT2D eigenvalue weighted by Crippen LogP contribution is 2.19. The third-order valence-electron chi connectivity index (χ3n) is 2.38. The molecule has 2 amide bonds. The van der Waals surface area contributed by atoms with Gasteiger partial charge in [0.1, 0.15) is 5.00 Å². The largest absolute Gasteiger partial charge is 0.479 e. The van der Waals surface area contributed by atoms with Crippen molar-refractivity contribution < 1.29 is 19.4 Å². The first-order valence-electron chi connectivity index (χ1n) is 4.80. The van der Waals surface area contributed by atoms with Crippen LogP contribution in [0, 0.1) is 0 Å². The Kier molecular flexibility index (Phi) is 3.20.